The first-order valence-electron chi connectivity index (χ1n) is 5.58. The lowest BCUT2D eigenvalue weighted by Gasteiger charge is -2.05. The van der Waals surface area contributed by atoms with Gasteiger partial charge in [0.2, 0.25) is 11.7 Å². The molecular formula is C12H13N3O4. The van der Waals surface area contributed by atoms with Crippen molar-refractivity contribution >= 4 is 5.97 Å². The fraction of sp³-hybridized carbons (Fsp3) is 0.333. The van der Waals surface area contributed by atoms with E-state index in [1.807, 2.05) is 6.92 Å². The van der Waals surface area contributed by atoms with Crippen molar-refractivity contribution in [3.63, 3.8) is 0 Å². The Hall–Kier alpha value is -2.44. The third kappa shape index (κ3) is 2.70. The molecule has 0 saturated heterocycles. The van der Waals surface area contributed by atoms with Gasteiger partial charge in [-0.1, -0.05) is 5.16 Å². The van der Waals surface area contributed by atoms with Gasteiger partial charge in [-0.15, -0.1) is 0 Å². The molecule has 2 heterocycles. The Morgan fingerprint density at radius 2 is 2.16 bits per heavy atom. The summed E-state index contributed by atoms with van der Waals surface area (Å²) in [7, 11) is 1.42. The molecule has 7 nitrogen and oxygen atoms in total. The zero-order valence-electron chi connectivity index (χ0n) is 10.8. The fourth-order valence-electron chi connectivity index (χ4n) is 1.70. The van der Waals surface area contributed by atoms with Gasteiger partial charge in [0.15, 0.2) is 0 Å². The minimum atomic E-state index is -1.20. The largest absolute Gasteiger partial charge is 0.481 e. The molecule has 0 aliphatic rings. The molecule has 0 radical (unpaired) electrons. The molecule has 0 aliphatic carbocycles. The number of aryl methyl sites for hydroxylation is 2. The summed E-state index contributed by atoms with van der Waals surface area (Å²) in [5, 5.41) is 12.8. The van der Waals surface area contributed by atoms with Gasteiger partial charge in [0.1, 0.15) is 5.76 Å². The minimum absolute atomic E-state index is 0.217. The smallest absolute Gasteiger partial charge is 0.374 e. The number of hydrogen-bond acceptors (Lipinski definition) is 6. The van der Waals surface area contributed by atoms with Crippen molar-refractivity contribution in [3.05, 3.63) is 34.6 Å². The van der Waals surface area contributed by atoms with E-state index in [2.05, 4.69) is 15.1 Å². The van der Waals surface area contributed by atoms with Gasteiger partial charge in [-0.05, 0) is 13.8 Å². The Morgan fingerprint density at radius 3 is 2.68 bits per heavy atom. The number of carboxylic acids is 1. The second-order valence-electron chi connectivity index (χ2n) is 4.01. The quantitative estimate of drug-likeness (QED) is 0.889. The molecule has 0 aliphatic heterocycles. The van der Waals surface area contributed by atoms with Crippen LogP contribution < -0.4 is 4.74 Å². The van der Waals surface area contributed by atoms with Crippen molar-refractivity contribution in [2.24, 2.45) is 0 Å². The van der Waals surface area contributed by atoms with E-state index in [-0.39, 0.29) is 11.7 Å². The van der Waals surface area contributed by atoms with E-state index >= 15 is 0 Å². The van der Waals surface area contributed by atoms with Crippen LogP contribution in [0.1, 0.15) is 33.3 Å². The number of carboxylic acid groups (broad SMARTS) is 1. The van der Waals surface area contributed by atoms with Crippen LogP contribution >= 0.6 is 0 Å². The zero-order chi connectivity index (χ0) is 14.0. The number of carbonyl (C=O) groups is 1. The summed E-state index contributed by atoms with van der Waals surface area (Å²) in [6.07, 6.45) is 0.417. The number of aromatic carboxylic acids is 1. The fourth-order valence-corrected chi connectivity index (χ4v) is 1.70. The van der Waals surface area contributed by atoms with Crippen LogP contribution in [0.2, 0.25) is 0 Å². The first-order valence-corrected chi connectivity index (χ1v) is 5.58. The van der Waals surface area contributed by atoms with Crippen molar-refractivity contribution in [1.29, 1.82) is 0 Å². The number of methoxy groups -OCH3 is 1. The Bertz CT molecular complexity index is 602. The van der Waals surface area contributed by atoms with E-state index in [1.54, 1.807) is 13.0 Å². The molecule has 0 amide bonds. The molecule has 2 aromatic heterocycles. The molecular weight excluding hydrogens is 250 g/mol. The van der Waals surface area contributed by atoms with Gasteiger partial charge in [-0.3, -0.25) is 0 Å². The second kappa shape index (κ2) is 5.05. The summed E-state index contributed by atoms with van der Waals surface area (Å²) in [6, 6.07) is 1.60. The van der Waals surface area contributed by atoms with Crippen molar-refractivity contribution in [2.75, 3.05) is 7.11 Å². The van der Waals surface area contributed by atoms with Crippen LogP contribution in [-0.4, -0.2) is 33.3 Å². The summed E-state index contributed by atoms with van der Waals surface area (Å²) in [4.78, 5) is 18.7. The summed E-state index contributed by atoms with van der Waals surface area (Å²) >= 11 is 0. The van der Waals surface area contributed by atoms with Crippen molar-refractivity contribution in [3.8, 4) is 5.88 Å². The monoisotopic (exact) mass is 263 g/mol. The highest BCUT2D eigenvalue weighted by molar-refractivity contribution is 5.83. The maximum atomic E-state index is 10.9. The molecule has 100 valence electrons. The molecule has 0 aromatic carbocycles. The van der Waals surface area contributed by atoms with Gasteiger partial charge in [0.25, 0.3) is 0 Å². The maximum absolute atomic E-state index is 10.9. The van der Waals surface area contributed by atoms with Crippen molar-refractivity contribution in [2.45, 2.75) is 20.3 Å². The van der Waals surface area contributed by atoms with Crippen molar-refractivity contribution in [1.82, 2.24) is 15.1 Å². The standard InChI is InChI=1S/C12H13N3O4/c1-6-9(7(2)19-15-6)4-8-5-10(18-3)14-11(13-8)12(16)17/h5H,4H2,1-3H3,(H,16,17). The highest BCUT2D eigenvalue weighted by atomic mass is 16.5. The predicted octanol–water partition coefficient (Wildman–Crippen LogP) is 1.38. The molecule has 0 atom stereocenters. The van der Waals surface area contributed by atoms with E-state index in [0.29, 0.717) is 17.9 Å². The third-order valence-electron chi connectivity index (χ3n) is 2.70. The molecule has 2 rings (SSSR count). The predicted molar refractivity (Wildman–Crippen MR) is 64.3 cm³/mol. The summed E-state index contributed by atoms with van der Waals surface area (Å²) in [5.41, 5.74) is 2.18. The van der Waals surface area contributed by atoms with Crippen molar-refractivity contribution < 1.29 is 19.2 Å². The van der Waals surface area contributed by atoms with Crippen LogP contribution in [0.4, 0.5) is 0 Å². The molecule has 0 fully saturated rings. The normalized spacial score (nSPS) is 10.5. The SMILES string of the molecule is COc1cc(Cc2c(C)noc2C)nc(C(=O)O)n1. The summed E-state index contributed by atoms with van der Waals surface area (Å²) in [6.45, 7) is 3.62. The lowest BCUT2D eigenvalue weighted by atomic mass is 10.1. The molecule has 1 N–H and O–H groups in total. The molecule has 19 heavy (non-hydrogen) atoms. The Labute approximate surface area is 109 Å². The van der Waals surface area contributed by atoms with Crippen LogP contribution in [0.3, 0.4) is 0 Å². The molecule has 2 aromatic rings. The zero-order valence-corrected chi connectivity index (χ0v) is 10.8. The lowest BCUT2D eigenvalue weighted by Crippen LogP contribution is -2.08. The molecule has 0 saturated carbocycles. The molecule has 0 bridgehead atoms. The summed E-state index contributed by atoms with van der Waals surface area (Å²) < 4.78 is 10.0. The third-order valence-corrected chi connectivity index (χ3v) is 2.70. The van der Waals surface area contributed by atoms with E-state index < -0.39 is 5.97 Å². The van der Waals surface area contributed by atoms with Gasteiger partial charge in [-0.25, -0.2) is 9.78 Å². The van der Waals surface area contributed by atoms with Crippen LogP contribution in [0.5, 0.6) is 5.88 Å². The van der Waals surface area contributed by atoms with Gasteiger partial charge >= 0.3 is 5.97 Å². The molecule has 7 heteroatoms. The number of ether oxygens (including phenoxy) is 1. The van der Waals surface area contributed by atoms with Gasteiger partial charge in [0, 0.05) is 18.1 Å². The highest BCUT2D eigenvalue weighted by Crippen LogP contribution is 2.18. The molecule has 0 unspecified atom stereocenters. The number of aromatic nitrogens is 3. The number of rotatable bonds is 4. The van der Waals surface area contributed by atoms with Gasteiger partial charge < -0.3 is 14.4 Å². The van der Waals surface area contributed by atoms with Crippen LogP contribution in [0.15, 0.2) is 10.6 Å². The van der Waals surface area contributed by atoms with E-state index in [1.165, 1.54) is 7.11 Å². The minimum Gasteiger partial charge on any atom is -0.481 e. The van der Waals surface area contributed by atoms with Crippen LogP contribution in [0, 0.1) is 13.8 Å². The molecule has 0 spiro atoms. The van der Waals surface area contributed by atoms with Gasteiger partial charge in [-0.2, -0.15) is 4.98 Å². The topological polar surface area (TPSA) is 98.3 Å². The van der Waals surface area contributed by atoms with E-state index in [0.717, 1.165) is 11.3 Å². The summed E-state index contributed by atoms with van der Waals surface area (Å²) in [5.74, 6) is -0.582. The number of nitrogens with zero attached hydrogens (tertiary/aromatic N) is 3. The van der Waals surface area contributed by atoms with Crippen LogP contribution in [-0.2, 0) is 6.42 Å². The van der Waals surface area contributed by atoms with Crippen LogP contribution in [0.25, 0.3) is 0 Å². The maximum Gasteiger partial charge on any atom is 0.374 e. The Balaban J connectivity index is 2.39. The van der Waals surface area contributed by atoms with Gasteiger partial charge in [0.05, 0.1) is 18.5 Å². The average molecular weight is 263 g/mol. The average Bonchev–Trinajstić information content (AvgIpc) is 2.70. The van der Waals surface area contributed by atoms with E-state index in [9.17, 15) is 4.79 Å². The highest BCUT2D eigenvalue weighted by Gasteiger charge is 2.15. The first kappa shape index (κ1) is 13.0. The first-order chi connectivity index (χ1) is 9.01. The Kier molecular flexibility index (Phi) is 3.46. The second-order valence-corrected chi connectivity index (χ2v) is 4.01. The Morgan fingerprint density at radius 1 is 1.42 bits per heavy atom. The lowest BCUT2D eigenvalue weighted by molar-refractivity contribution is 0.0682. The van der Waals surface area contributed by atoms with E-state index in [4.69, 9.17) is 14.4 Å². The number of hydrogen-bond donors (Lipinski definition) is 1.